The van der Waals surface area contributed by atoms with Crippen LogP contribution in [0.3, 0.4) is 0 Å². The second-order valence-electron chi connectivity index (χ2n) is 5.71. The number of hydrogen-bond acceptors (Lipinski definition) is 3. The van der Waals surface area contributed by atoms with Crippen molar-refractivity contribution in [2.75, 3.05) is 13.6 Å². The zero-order valence-electron chi connectivity index (χ0n) is 14.3. The van der Waals surface area contributed by atoms with Crippen molar-refractivity contribution in [1.82, 2.24) is 30.4 Å². The van der Waals surface area contributed by atoms with Crippen LogP contribution < -0.4 is 10.6 Å². The highest BCUT2D eigenvalue weighted by molar-refractivity contribution is 5.80. The minimum absolute atomic E-state index is 0.587. The van der Waals surface area contributed by atoms with Crippen molar-refractivity contribution in [1.29, 1.82) is 0 Å². The molecule has 7 heteroatoms. The van der Waals surface area contributed by atoms with Gasteiger partial charge in [-0.1, -0.05) is 18.2 Å². The summed E-state index contributed by atoms with van der Waals surface area (Å²) in [6.07, 6.45) is 0.901. The van der Waals surface area contributed by atoms with Crippen molar-refractivity contribution in [3.63, 3.8) is 0 Å². The molecule has 7 nitrogen and oxygen atoms in total. The Morgan fingerprint density at radius 3 is 2.79 bits per heavy atom. The molecule has 0 aliphatic rings. The fourth-order valence-corrected chi connectivity index (χ4v) is 2.57. The third-order valence-corrected chi connectivity index (χ3v) is 4.09. The summed E-state index contributed by atoms with van der Waals surface area (Å²) in [7, 11) is 3.72. The summed E-state index contributed by atoms with van der Waals surface area (Å²) in [5.74, 6) is 2.53. The van der Waals surface area contributed by atoms with E-state index >= 15 is 0 Å². The molecule has 0 unspecified atom stereocenters. The zero-order valence-corrected chi connectivity index (χ0v) is 14.3. The van der Waals surface area contributed by atoms with Crippen molar-refractivity contribution < 1.29 is 0 Å². The van der Waals surface area contributed by atoms with E-state index in [1.54, 1.807) is 7.05 Å². The zero-order chi connectivity index (χ0) is 16.9. The topological polar surface area (TPSA) is 82.9 Å². The lowest BCUT2D eigenvalue weighted by Crippen LogP contribution is -2.38. The van der Waals surface area contributed by atoms with Crippen LogP contribution in [0, 0.1) is 6.92 Å². The van der Waals surface area contributed by atoms with Gasteiger partial charge in [0.1, 0.15) is 5.82 Å². The molecule has 2 aromatic heterocycles. The highest BCUT2D eigenvalue weighted by Crippen LogP contribution is 2.14. The molecule has 126 valence electrons. The standard InChI is InChI=1S/C17H23N7/c1-12-22-23-16(24(12)3)11-20-17(18-2)19-9-8-14-10-13-6-4-5-7-15(13)21-14/h4-7,10,21H,8-9,11H2,1-3H3,(H2,18,19,20). The normalized spacial score (nSPS) is 11.9. The summed E-state index contributed by atoms with van der Waals surface area (Å²) >= 11 is 0. The first-order valence-electron chi connectivity index (χ1n) is 8.03. The summed E-state index contributed by atoms with van der Waals surface area (Å²) < 4.78 is 1.96. The fraction of sp³-hybridized carbons (Fsp3) is 0.353. The highest BCUT2D eigenvalue weighted by Gasteiger charge is 2.06. The molecule has 3 aromatic rings. The molecule has 24 heavy (non-hydrogen) atoms. The number of hydrogen-bond donors (Lipinski definition) is 3. The van der Waals surface area contributed by atoms with E-state index in [0.717, 1.165) is 30.6 Å². The van der Waals surface area contributed by atoms with Gasteiger partial charge in [-0.05, 0) is 24.4 Å². The van der Waals surface area contributed by atoms with Gasteiger partial charge < -0.3 is 20.2 Å². The number of aromatic nitrogens is 4. The molecule has 0 fully saturated rings. The summed E-state index contributed by atoms with van der Waals surface area (Å²) in [5, 5.41) is 16.0. The molecule has 0 aliphatic carbocycles. The molecule has 3 rings (SSSR count). The van der Waals surface area contributed by atoms with Crippen molar-refractivity contribution in [3.8, 4) is 0 Å². The molecule has 0 saturated heterocycles. The molecule has 0 spiro atoms. The molecule has 1 aromatic carbocycles. The number of nitrogens with zero attached hydrogens (tertiary/aromatic N) is 4. The summed E-state index contributed by atoms with van der Waals surface area (Å²) in [6, 6.07) is 10.5. The first-order valence-corrected chi connectivity index (χ1v) is 8.03. The Hall–Kier alpha value is -2.83. The van der Waals surface area contributed by atoms with Crippen LogP contribution in [0.15, 0.2) is 35.3 Å². The predicted molar refractivity (Wildman–Crippen MR) is 95.9 cm³/mol. The lowest BCUT2D eigenvalue weighted by atomic mass is 10.2. The fourth-order valence-electron chi connectivity index (χ4n) is 2.57. The maximum Gasteiger partial charge on any atom is 0.191 e. The Kier molecular flexibility index (Phi) is 4.79. The number of aromatic amines is 1. The van der Waals surface area contributed by atoms with Gasteiger partial charge in [0, 0.05) is 38.3 Å². The van der Waals surface area contributed by atoms with Gasteiger partial charge in [0.25, 0.3) is 0 Å². The van der Waals surface area contributed by atoms with Gasteiger partial charge in [0.2, 0.25) is 0 Å². The first kappa shape index (κ1) is 16.0. The number of aliphatic imine (C=N–C) groups is 1. The maximum absolute atomic E-state index is 4.24. The molecule has 0 amide bonds. The van der Waals surface area contributed by atoms with E-state index < -0.39 is 0 Å². The second kappa shape index (κ2) is 7.16. The smallest absolute Gasteiger partial charge is 0.191 e. The minimum atomic E-state index is 0.587. The van der Waals surface area contributed by atoms with Gasteiger partial charge in [0.05, 0.1) is 6.54 Å². The van der Waals surface area contributed by atoms with Crippen LogP contribution in [0.1, 0.15) is 17.3 Å². The molecular weight excluding hydrogens is 302 g/mol. The van der Waals surface area contributed by atoms with Crippen LogP contribution in [-0.4, -0.2) is 39.3 Å². The van der Waals surface area contributed by atoms with Gasteiger partial charge in [-0.3, -0.25) is 4.99 Å². The maximum atomic E-state index is 4.24. The van der Waals surface area contributed by atoms with Crippen molar-refractivity contribution in [2.24, 2.45) is 12.0 Å². The molecule has 0 atom stereocenters. The van der Waals surface area contributed by atoms with Gasteiger partial charge in [-0.25, -0.2) is 0 Å². The Balaban J connectivity index is 1.50. The number of fused-ring (bicyclic) bond motifs is 1. The minimum Gasteiger partial charge on any atom is -0.358 e. The Labute approximate surface area is 141 Å². The molecule has 2 heterocycles. The summed E-state index contributed by atoms with van der Waals surface area (Å²) in [4.78, 5) is 7.67. The number of H-pyrrole nitrogens is 1. The molecule has 0 radical (unpaired) electrons. The largest absolute Gasteiger partial charge is 0.358 e. The van der Waals surface area contributed by atoms with Crippen LogP contribution in [-0.2, 0) is 20.0 Å². The van der Waals surface area contributed by atoms with Gasteiger partial charge in [-0.2, -0.15) is 0 Å². The van der Waals surface area contributed by atoms with Gasteiger partial charge >= 0.3 is 0 Å². The second-order valence-corrected chi connectivity index (χ2v) is 5.71. The van der Waals surface area contributed by atoms with Gasteiger partial charge in [0.15, 0.2) is 11.8 Å². The monoisotopic (exact) mass is 325 g/mol. The lowest BCUT2D eigenvalue weighted by Gasteiger charge is -2.11. The Morgan fingerprint density at radius 2 is 2.08 bits per heavy atom. The van der Waals surface area contributed by atoms with E-state index in [2.05, 4.69) is 55.1 Å². The Morgan fingerprint density at radius 1 is 1.25 bits per heavy atom. The number of nitrogens with one attached hydrogen (secondary N) is 3. The van der Waals surface area contributed by atoms with E-state index in [-0.39, 0.29) is 0 Å². The quantitative estimate of drug-likeness (QED) is 0.490. The molecule has 3 N–H and O–H groups in total. The van der Waals surface area contributed by atoms with Crippen LogP contribution in [0.25, 0.3) is 10.9 Å². The summed E-state index contributed by atoms with van der Waals surface area (Å²) in [6.45, 7) is 3.32. The van der Waals surface area contributed by atoms with E-state index in [9.17, 15) is 0 Å². The van der Waals surface area contributed by atoms with E-state index in [1.165, 1.54) is 16.6 Å². The summed E-state index contributed by atoms with van der Waals surface area (Å²) in [5.41, 5.74) is 2.38. The van der Waals surface area contributed by atoms with Crippen LogP contribution >= 0.6 is 0 Å². The number of para-hydroxylation sites is 1. The van der Waals surface area contributed by atoms with Crippen LogP contribution in [0.2, 0.25) is 0 Å². The average Bonchev–Trinajstić information content (AvgIpc) is 3.15. The van der Waals surface area contributed by atoms with Crippen LogP contribution in [0.5, 0.6) is 0 Å². The molecule has 0 saturated carbocycles. The van der Waals surface area contributed by atoms with E-state index in [4.69, 9.17) is 0 Å². The third kappa shape index (κ3) is 3.56. The van der Waals surface area contributed by atoms with E-state index in [0.29, 0.717) is 6.54 Å². The average molecular weight is 325 g/mol. The predicted octanol–water partition coefficient (Wildman–Crippen LogP) is 1.51. The molecule has 0 bridgehead atoms. The molecule has 0 aliphatic heterocycles. The number of guanidine groups is 1. The first-order chi connectivity index (χ1) is 11.7. The number of aryl methyl sites for hydroxylation is 1. The molecular formula is C17H23N7. The third-order valence-electron chi connectivity index (χ3n) is 4.09. The van der Waals surface area contributed by atoms with Crippen molar-refractivity contribution in [2.45, 2.75) is 19.9 Å². The van der Waals surface area contributed by atoms with Crippen molar-refractivity contribution in [3.05, 3.63) is 47.7 Å². The van der Waals surface area contributed by atoms with Gasteiger partial charge in [-0.15, -0.1) is 10.2 Å². The number of rotatable bonds is 5. The lowest BCUT2D eigenvalue weighted by molar-refractivity contribution is 0.715. The van der Waals surface area contributed by atoms with Crippen molar-refractivity contribution >= 4 is 16.9 Å². The Bertz CT molecular complexity index is 811. The van der Waals surface area contributed by atoms with E-state index in [1.807, 2.05) is 24.6 Å². The SMILES string of the molecule is CN=C(NCCc1cc2ccccc2[nH]1)NCc1nnc(C)n1C. The highest BCUT2D eigenvalue weighted by atomic mass is 15.3. The number of benzene rings is 1. The van der Waals surface area contributed by atoms with Crippen LogP contribution in [0.4, 0.5) is 0 Å².